The van der Waals surface area contributed by atoms with Crippen LogP contribution in [-0.4, -0.2) is 28.7 Å². The first kappa shape index (κ1) is 24.6. The van der Waals surface area contributed by atoms with Crippen molar-refractivity contribution in [2.24, 2.45) is 0 Å². The number of hydrogen-bond acceptors (Lipinski definition) is 6. The third-order valence-corrected chi connectivity index (χ3v) is 5.84. The van der Waals surface area contributed by atoms with Crippen molar-refractivity contribution in [3.05, 3.63) is 86.7 Å². The lowest BCUT2D eigenvalue weighted by atomic mass is 9.99. The maximum atomic E-state index is 13.3. The number of methoxy groups -OCH3 is 1. The number of carbonyl (C=O) groups excluding carboxylic acids is 1. The smallest absolute Gasteiger partial charge is 0.271 e. The van der Waals surface area contributed by atoms with E-state index in [9.17, 15) is 20.0 Å². The highest BCUT2D eigenvalue weighted by molar-refractivity contribution is 6.03. The van der Waals surface area contributed by atoms with E-state index in [0.717, 1.165) is 22.1 Å². The average Bonchev–Trinajstić information content (AvgIpc) is 2.85. The van der Waals surface area contributed by atoms with Crippen LogP contribution in [0.3, 0.4) is 0 Å². The first-order valence-electron chi connectivity index (χ1n) is 11.1. The predicted octanol–water partition coefficient (Wildman–Crippen LogP) is 4.20. The Morgan fingerprint density at radius 3 is 2.24 bits per heavy atom. The second-order valence-corrected chi connectivity index (χ2v) is 7.99. The van der Waals surface area contributed by atoms with E-state index in [1.807, 2.05) is 37.3 Å². The maximum Gasteiger partial charge on any atom is 0.271 e. The predicted molar refractivity (Wildman–Crippen MR) is 129 cm³/mol. The minimum absolute atomic E-state index is 0.0800. The summed E-state index contributed by atoms with van der Waals surface area (Å²) in [4.78, 5) is 26.1. The number of pyridine rings is 1. The van der Waals surface area contributed by atoms with Crippen LogP contribution in [0.1, 0.15) is 46.5 Å². The standard InChI is InChI=1S/C27H28N2O5/c1-5-19-6-12-22(13-7-19)34-18(3)25(30)24-17(2)23(16-28)26(31)29(27(24)32)15-14-20-8-10-21(33-4)11-9-20/h6-13,18,32H,5,14-15H2,1-4H3. The van der Waals surface area contributed by atoms with Crippen molar-refractivity contribution < 1.29 is 19.4 Å². The number of rotatable bonds is 9. The van der Waals surface area contributed by atoms with Crippen LogP contribution in [-0.2, 0) is 19.4 Å². The van der Waals surface area contributed by atoms with Crippen molar-refractivity contribution in [1.29, 1.82) is 5.26 Å². The van der Waals surface area contributed by atoms with E-state index < -0.39 is 23.3 Å². The van der Waals surface area contributed by atoms with Gasteiger partial charge in [-0.25, -0.2) is 0 Å². The van der Waals surface area contributed by atoms with Gasteiger partial charge in [0.15, 0.2) is 6.10 Å². The van der Waals surface area contributed by atoms with Crippen molar-refractivity contribution in [3.63, 3.8) is 0 Å². The van der Waals surface area contributed by atoms with E-state index in [-0.39, 0.29) is 23.2 Å². The molecule has 0 aliphatic carbocycles. The molecule has 0 bridgehead atoms. The molecule has 0 aliphatic rings. The molecule has 7 nitrogen and oxygen atoms in total. The van der Waals surface area contributed by atoms with E-state index in [1.54, 1.807) is 38.3 Å². The molecule has 0 radical (unpaired) electrons. The van der Waals surface area contributed by atoms with E-state index in [0.29, 0.717) is 17.9 Å². The number of hydrogen-bond donors (Lipinski definition) is 1. The second-order valence-electron chi connectivity index (χ2n) is 7.99. The molecule has 1 unspecified atom stereocenters. The summed E-state index contributed by atoms with van der Waals surface area (Å²) in [6, 6.07) is 16.6. The van der Waals surface area contributed by atoms with Gasteiger partial charge in [-0.05, 0) is 67.6 Å². The van der Waals surface area contributed by atoms with Gasteiger partial charge in [0, 0.05) is 6.54 Å². The lowest BCUT2D eigenvalue weighted by Crippen LogP contribution is -2.31. The fraction of sp³-hybridized carbons (Fsp3) is 0.296. The van der Waals surface area contributed by atoms with Crippen LogP contribution in [0.25, 0.3) is 0 Å². The van der Waals surface area contributed by atoms with Crippen molar-refractivity contribution in [1.82, 2.24) is 4.57 Å². The summed E-state index contributed by atoms with van der Waals surface area (Å²) < 4.78 is 12.0. The third kappa shape index (κ3) is 5.12. The third-order valence-electron chi connectivity index (χ3n) is 5.84. The summed E-state index contributed by atoms with van der Waals surface area (Å²) in [6.45, 7) is 5.21. The molecule has 3 aromatic rings. The lowest BCUT2D eigenvalue weighted by Gasteiger charge is -2.19. The topological polar surface area (TPSA) is 102 Å². The average molecular weight is 461 g/mol. The van der Waals surface area contributed by atoms with Crippen LogP contribution in [0.2, 0.25) is 0 Å². The van der Waals surface area contributed by atoms with E-state index in [4.69, 9.17) is 9.47 Å². The van der Waals surface area contributed by atoms with Gasteiger partial charge in [0.1, 0.15) is 23.1 Å². The lowest BCUT2D eigenvalue weighted by molar-refractivity contribution is 0.0812. The van der Waals surface area contributed by atoms with Crippen LogP contribution in [0.15, 0.2) is 53.3 Å². The van der Waals surface area contributed by atoms with Crippen LogP contribution < -0.4 is 15.0 Å². The molecule has 0 amide bonds. The highest BCUT2D eigenvalue weighted by Crippen LogP contribution is 2.25. The van der Waals surface area contributed by atoms with E-state index in [1.165, 1.54) is 6.92 Å². The Balaban J connectivity index is 1.91. The molecule has 0 aliphatic heterocycles. The number of Topliss-reactive ketones (excluding diaryl/α,β-unsaturated/α-hetero) is 1. The number of nitrogens with zero attached hydrogens (tertiary/aromatic N) is 2. The molecule has 1 heterocycles. The number of nitriles is 1. The maximum absolute atomic E-state index is 13.3. The quantitative estimate of drug-likeness (QED) is 0.480. The summed E-state index contributed by atoms with van der Waals surface area (Å²) in [6.07, 6.45) is 0.363. The summed E-state index contributed by atoms with van der Waals surface area (Å²) in [7, 11) is 1.58. The fourth-order valence-electron chi connectivity index (χ4n) is 3.75. The normalized spacial score (nSPS) is 11.5. The van der Waals surface area contributed by atoms with Crippen LogP contribution in [0.5, 0.6) is 17.4 Å². The summed E-state index contributed by atoms with van der Waals surface area (Å²) in [5.74, 6) is 0.252. The molecule has 1 atom stereocenters. The van der Waals surface area contributed by atoms with Gasteiger partial charge in [-0.15, -0.1) is 0 Å². The zero-order chi connectivity index (χ0) is 24.8. The molecule has 0 spiro atoms. The van der Waals surface area contributed by atoms with Gasteiger partial charge in [-0.1, -0.05) is 31.2 Å². The van der Waals surface area contributed by atoms with Crippen molar-refractivity contribution in [2.45, 2.75) is 46.3 Å². The second kappa shape index (κ2) is 10.7. The Bertz CT molecular complexity index is 1270. The minimum Gasteiger partial charge on any atom is -0.497 e. The van der Waals surface area contributed by atoms with Gasteiger partial charge in [0.05, 0.1) is 12.7 Å². The molecule has 7 heteroatoms. The summed E-state index contributed by atoms with van der Waals surface area (Å²) in [5, 5.41) is 20.5. The van der Waals surface area contributed by atoms with Crippen LogP contribution >= 0.6 is 0 Å². The molecular formula is C27H28N2O5. The van der Waals surface area contributed by atoms with Crippen molar-refractivity contribution in [2.75, 3.05) is 7.11 Å². The van der Waals surface area contributed by atoms with Crippen LogP contribution in [0, 0.1) is 18.3 Å². The Morgan fingerprint density at radius 2 is 1.68 bits per heavy atom. The van der Waals surface area contributed by atoms with Crippen molar-refractivity contribution >= 4 is 5.78 Å². The highest BCUT2D eigenvalue weighted by atomic mass is 16.5. The number of aromatic nitrogens is 1. The Hall–Kier alpha value is -4.05. The first-order valence-corrected chi connectivity index (χ1v) is 11.1. The highest BCUT2D eigenvalue weighted by Gasteiger charge is 2.28. The SMILES string of the molecule is CCc1ccc(OC(C)C(=O)c2c(C)c(C#N)c(=O)n(CCc3ccc(OC)cc3)c2O)cc1. The van der Waals surface area contributed by atoms with Gasteiger partial charge in [-0.3, -0.25) is 14.2 Å². The largest absolute Gasteiger partial charge is 0.497 e. The molecule has 0 saturated carbocycles. The number of ketones is 1. The van der Waals surface area contributed by atoms with Gasteiger partial charge in [0.25, 0.3) is 5.56 Å². The number of aryl methyl sites for hydroxylation is 2. The Kier molecular flexibility index (Phi) is 7.75. The molecule has 34 heavy (non-hydrogen) atoms. The Morgan fingerprint density at radius 1 is 1.09 bits per heavy atom. The molecule has 3 rings (SSSR count). The molecule has 176 valence electrons. The molecule has 1 aromatic heterocycles. The summed E-state index contributed by atoms with van der Waals surface area (Å²) >= 11 is 0. The number of aromatic hydroxyl groups is 1. The monoisotopic (exact) mass is 460 g/mol. The zero-order valence-corrected chi connectivity index (χ0v) is 19.8. The molecule has 0 saturated heterocycles. The molecular weight excluding hydrogens is 432 g/mol. The van der Waals surface area contributed by atoms with Crippen LogP contribution in [0.4, 0.5) is 0 Å². The molecule has 2 aromatic carbocycles. The first-order chi connectivity index (χ1) is 16.3. The molecule has 0 fully saturated rings. The zero-order valence-electron chi connectivity index (χ0n) is 19.8. The van der Waals surface area contributed by atoms with Gasteiger partial charge >= 0.3 is 0 Å². The van der Waals surface area contributed by atoms with Gasteiger partial charge < -0.3 is 14.6 Å². The van der Waals surface area contributed by atoms with Gasteiger partial charge in [0.2, 0.25) is 11.7 Å². The van der Waals surface area contributed by atoms with Crippen molar-refractivity contribution in [3.8, 4) is 23.4 Å². The number of carbonyl (C=O) groups is 1. The number of ether oxygens (including phenoxy) is 2. The summed E-state index contributed by atoms with van der Waals surface area (Å²) in [5.41, 5.74) is 1.31. The number of benzene rings is 2. The fourth-order valence-corrected chi connectivity index (χ4v) is 3.75. The van der Waals surface area contributed by atoms with E-state index >= 15 is 0 Å². The Labute approximate surface area is 198 Å². The minimum atomic E-state index is -0.934. The molecule has 1 N–H and O–H groups in total. The van der Waals surface area contributed by atoms with E-state index in [2.05, 4.69) is 0 Å². The van der Waals surface area contributed by atoms with Gasteiger partial charge in [-0.2, -0.15) is 5.26 Å².